The SMILES string of the molecule is CCNC(=O)NC(=O)CSc1nnc(NC(C)(C)C)s1. The van der Waals surface area contributed by atoms with Gasteiger partial charge in [0.25, 0.3) is 0 Å². The average Bonchev–Trinajstić information content (AvgIpc) is 2.72. The Balaban J connectivity index is 2.39. The van der Waals surface area contributed by atoms with E-state index in [2.05, 4.69) is 26.1 Å². The van der Waals surface area contributed by atoms with Gasteiger partial charge in [0.1, 0.15) is 0 Å². The second-order valence-electron chi connectivity index (χ2n) is 4.94. The van der Waals surface area contributed by atoms with Gasteiger partial charge in [0.15, 0.2) is 4.34 Å². The topological polar surface area (TPSA) is 96.0 Å². The van der Waals surface area contributed by atoms with Crippen molar-refractivity contribution in [3.8, 4) is 0 Å². The molecule has 0 atom stereocenters. The van der Waals surface area contributed by atoms with Gasteiger partial charge in [-0.15, -0.1) is 10.2 Å². The smallest absolute Gasteiger partial charge is 0.321 e. The van der Waals surface area contributed by atoms with Crippen molar-refractivity contribution in [1.29, 1.82) is 0 Å². The Morgan fingerprint density at radius 3 is 2.60 bits per heavy atom. The summed E-state index contributed by atoms with van der Waals surface area (Å²) in [5.74, 6) is -0.233. The molecule has 1 aromatic heterocycles. The minimum Gasteiger partial charge on any atom is -0.355 e. The molecule has 0 saturated heterocycles. The van der Waals surface area contributed by atoms with Gasteiger partial charge in [0.05, 0.1) is 5.75 Å². The van der Waals surface area contributed by atoms with Gasteiger partial charge in [0, 0.05) is 12.1 Å². The van der Waals surface area contributed by atoms with Crippen LogP contribution in [0.3, 0.4) is 0 Å². The van der Waals surface area contributed by atoms with Gasteiger partial charge in [-0.25, -0.2) is 4.79 Å². The molecule has 3 N–H and O–H groups in total. The molecule has 1 rings (SSSR count). The Morgan fingerprint density at radius 2 is 2.00 bits per heavy atom. The highest BCUT2D eigenvalue weighted by molar-refractivity contribution is 8.01. The molecule has 20 heavy (non-hydrogen) atoms. The summed E-state index contributed by atoms with van der Waals surface area (Å²) in [7, 11) is 0. The fourth-order valence-corrected chi connectivity index (χ4v) is 2.89. The van der Waals surface area contributed by atoms with Gasteiger partial charge in [-0.3, -0.25) is 10.1 Å². The molecule has 0 aromatic carbocycles. The molecule has 0 spiro atoms. The van der Waals surface area contributed by atoms with E-state index in [0.717, 1.165) is 0 Å². The second-order valence-corrected chi connectivity index (χ2v) is 7.14. The van der Waals surface area contributed by atoms with Crippen LogP contribution in [0.25, 0.3) is 0 Å². The first-order valence-corrected chi connectivity index (χ1v) is 7.92. The first-order valence-electron chi connectivity index (χ1n) is 6.12. The van der Waals surface area contributed by atoms with Crippen LogP contribution < -0.4 is 16.0 Å². The molecular weight excluding hydrogens is 298 g/mol. The van der Waals surface area contributed by atoms with Gasteiger partial charge < -0.3 is 10.6 Å². The number of nitrogens with one attached hydrogen (secondary N) is 3. The first-order chi connectivity index (χ1) is 9.30. The standard InChI is InChI=1S/C11H19N5O2S2/c1-5-12-8(18)13-7(17)6-19-10-16-15-9(20-10)14-11(2,3)4/h5-6H2,1-4H3,(H,14,15)(H2,12,13,17,18). The van der Waals surface area contributed by atoms with E-state index in [1.54, 1.807) is 6.92 Å². The molecule has 0 fully saturated rings. The number of carbonyl (C=O) groups excluding carboxylic acids is 2. The van der Waals surface area contributed by atoms with Gasteiger partial charge in [-0.2, -0.15) is 0 Å². The molecule has 0 aliphatic rings. The van der Waals surface area contributed by atoms with Gasteiger partial charge in [0.2, 0.25) is 11.0 Å². The zero-order valence-electron chi connectivity index (χ0n) is 11.9. The van der Waals surface area contributed by atoms with Crippen LogP contribution in [0.5, 0.6) is 0 Å². The van der Waals surface area contributed by atoms with Crippen molar-refractivity contribution in [2.45, 2.75) is 37.6 Å². The van der Waals surface area contributed by atoms with Crippen molar-refractivity contribution in [1.82, 2.24) is 20.8 Å². The number of nitrogens with zero attached hydrogens (tertiary/aromatic N) is 2. The van der Waals surface area contributed by atoms with E-state index in [1.165, 1.54) is 23.1 Å². The highest BCUT2D eigenvalue weighted by Crippen LogP contribution is 2.26. The summed E-state index contributed by atoms with van der Waals surface area (Å²) in [6.45, 7) is 8.34. The van der Waals surface area contributed by atoms with E-state index in [0.29, 0.717) is 16.0 Å². The molecule has 3 amide bonds. The summed E-state index contributed by atoms with van der Waals surface area (Å²) in [5, 5.41) is 16.6. The molecule has 9 heteroatoms. The quantitative estimate of drug-likeness (QED) is 0.715. The van der Waals surface area contributed by atoms with Crippen molar-refractivity contribution in [2.24, 2.45) is 0 Å². The zero-order valence-corrected chi connectivity index (χ0v) is 13.6. The molecule has 112 valence electrons. The van der Waals surface area contributed by atoms with Gasteiger partial charge in [-0.1, -0.05) is 23.1 Å². The first kappa shape index (κ1) is 16.7. The molecule has 0 unspecified atom stereocenters. The number of rotatable bonds is 5. The molecule has 1 aromatic rings. The average molecular weight is 317 g/mol. The van der Waals surface area contributed by atoms with E-state index >= 15 is 0 Å². The highest BCUT2D eigenvalue weighted by atomic mass is 32.2. The predicted molar refractivity (Wildman–Crippen MR) is 81.2 cm³/mol. The van der Waals surface area contributed by atoms with E-state index in [1.807, 2.05) is 20.8 Å². The summed E-state index contributed by atoms with van der Waals surface area (Å²) in [6.07, 6.45) is 0. The summed E-state index contributed by atoms with van der Waals surface area (Å²) in [4.78, 5) is 22.6. The van der Waals surface area contributed by atoms with Crippen LogP contribution in [-0.2, 0) is 4.79 Å². The lowest BCUT2D eigenvalue weighted by Gasteiger charge is -2.18. The fourth-order valence-electron chi connectivity index (χ4n) is 1.13. The number of anilines is 1. The van der Waals surface area contributed by atoms with E-state index in [9.17, 15) is 9.59 Å². The third kappa shape index (κ3) is 6.71. The number of hydrogen-bond acceptors (Lipinski definition) is 7. The molecule has 0 aliphatic carbocycles. The molecular formula is C11H19N5O2S2. The summed E-state index contributed by atoms with van der Waals surface area (Å²) in [5.41, 5.74) is -0.0862. The van der Waals surface area contributed by atoms with E-state index in [4.69, 9.17) is 0 Å². The monoisotopic (exact) mass is 317 g/mol. The van der Waals surface area contributed by atoms with E-state index in [-0.39, 0.29) is 17.2 Å². The third-order valence-electron chi connectivity index (χ3n) is 1.81. The Labute approximate surface area is 126 Å². The van der Waals surface area contributed by atoms with Crippen LogP contribution in [0.1, 0.15) is 27.7 Å². The normalized spacial score (nSPS) is 11.0. The molecule has 1 heterocycles. The van der Waals surface area contributed by atoms with Crippen LogP contribution >= 0.6 is 23.1 Å². The lowest BCUT2D eigenvalue weighted by atomic mass is 10.1. The highest BCUT2D eigenvalue weighted by Gasteiger charge is 2.14. The van der Waals surface area contributed by atoms with Crippen LogP contribution in [0.2, 0.25) is 0 Å². The largest absolute Gasteiger partial charge is 0.355 e. The van der Waals surface area contributed by atoms with Crippen molar-refractivity contribution in [3.63, 3.8) is 0 Å². The minimum atomic E-state index is -0.481. The lowest BCUT2D eigenvalue weighted by molar-refractivity contribution is -0.117. The van der Waals surface area contributed by atoms with Crippen molar-refractivity contribution in [3.05, 3.63) is 0 Å². The molecule has 0 aliphatic heterocycles. The maximum absolute atomic E-state index is 11.5. The summed E-state index contributed by atoms with van der Waals surface area (Å²) < 4.78 is 0.683. The van der Waals surface area contributed by atoms with Crippen molar-refractivity contribution < 1.29 is 9.59 Å². The lowest BCUT2D eigenvalue weighted by Crippen LogP contribution is -2.40. The summed E-state index contributed by atoms with van der Waals surface area (Å²) in [6, 6.07) is -0.481. The van der Waals surface area contributed by atoms with Crippen LogP contribution in [0.4, 0.5) is 9.93 Å². The Kier molecular flexibility index (Phi) is 6.21. The fraction of sp³-hybridized carbons (Fsp3) is 0.636. The third-order valence-corrected chi connectivity index (χ3v) is 3.78. The van der Waals surface area contributed by atoms with Gasteiger partial charge >= 0.3 is 6.03 Å². The van der Waals surface area contributed by atoms with Crippen LogP contribution in [-0.4, -0.2) is 40.0 Å². The maximum Gasteiger partial charge on any atom is 0.321 e. The minimum absolute atomic E-state index is 0.0862. The second kappa shape index (κ2) is 7.44. The predicted octanol–water partition coefficient (Wildman–Crippen LogP) is 1.69. The number of carbonyl (C=O) groups is 2. The number of imide groups is 1. The van der Waals surface area contributed by atoms with Crippen LogP contribution in [0, 0.1) is 0 Å². The molecule has 0 radical (unpaired) electrons. The zero-order chi connectivity index (χ0) is 15.2. The Bertz CT molecular complexity index is 470. The summed E-state index contributed by atoms with van der Waals surface area (Å²) >= 11 is 2.63. The number of hydrogen-bond donors (Lipinski definition) is 3. The molecule has 0 bridgehead atoms. The van der Waals surface area contributed by atoms with Crippen LogP contribution in [0.15, 0.2) is 4.34 Å². The molecule has 0 saturated carbocycles. The Morgan fingerprint density at radius 1 is 1.30 bits per heavy atom. The number of aromatic nitrogens is 2. The molecule has 7 nitrogen and oxygen atoms in total. The van der Waals surface area contributed by atoms with Gasteiger partial charge in [-0.05, 0) is 27.7 Å². The maximum atomic E-state index is 11.5. The Hall–Kier alpha value is -1.35. The van der Waals surface area contributed by atoms with E-state index < -0.39 is 6.03 Å². The number of amides is 3. The number of thioether (sulfide) groups is 1. The van der Waals surface area contributed by atoms with Crippen molar-refractivity contribution in [2.75, 3.05) is 17.6 Å². The number of urea groups is 1. The van der Waals surface area contributed by atoms with Crippen molar-refractivity contribution >= 4 is 40.2 Å².